The summed E-state index contributed by atoms with van der Waals surface area (Å²) in [6.07, 6.45) is 2.11. The molecule has 100 valence electrons. The molecule has 0 aliphatic carbocycles. The average Bonchev–Trinajstić information content (AvgIpc) is 2.84. The fourth-order valence-corrected chi connectivity index (χ4v) is 1.74. The van der Waals surface area contributed by atoms with E-state index in [1.165, 1.54) is 0 Å². The first-order chi connectivity index (χ1) is 9.19. The molecule has 0 unspecified atom stereocenters. The Balaban J connectivity index is 2.05. The standard InChI is InChI=1S/C13H15N3O3/c1-19-12-5-2-10(3-6-12)9-16-11(8-14-15-16)4-7-13(17)18/h2-3,5-6,8H,4,7,9H2,1H3,(H,17,18). The lowest BCUT2D eigenvalue weighted by Gasteiger charge is -2.06. The molecule has 0 fully saturated rings. The summed E-state index contributed by atoms with van der Waals surface area (Å²) in [5, 5.41) is 16.5. The number of aliphatic carboxylic acids is 1. The molecule has 1 heterocycles. The van der Waals surface area contributed by atoms with E-state index < -0.39 is 5.97 Å². The zero-order valence-corrected chi connectivity index (χ0v) is 10.6. The molecule has 0 saturated carbocycles. The van der Waals surface area contributed by atoms with Crippen molar-refractivity contribution in [2.75, 3.05) is 7.11 Å². The van der Waals surface area contributed by atoms with Crippen LogP contribution < -0.4 is 4.74 Å². The molecule has 6 nitrogen and oxygen atoms in total. The van der Waals surface area contributed by atoms with Crippen LogP contribution in [0.4, 0.5) is 0 Å². The Morgan fingerprint density at radius 2 is 2.11 bits per heavy atom. The molecule has 0 spiro atoms. The summed E-state index contributed by atoms with van der Waals surface area (Å²) in [6, 6.07) is 7.65. The molecule has 0 aliphatic heterocycles. The van der Waals surface area contributed by atoms with Gasteiger partial charge in [-0.3, -0.25) is 4.79 Å². The van der Waals surface area contributed by atoms with E-state index >= 15 is 0 Å². The van der Waals surface area contributed by atoms with Crippen molar-refractivity contribution in [2.45, 2.75) is 19.4 Å². The maximum atomic E-state index is 10.6. The molecule has 0 aliphatic rings. The van der Waals surface area contributed by atoms with Crippen LogP contribution in [-0.2, 0) is 17.8 Å². The quantitative estimate of drug-likeness (QED) is 0.849. The van der Waals surface area contributed by atoms with Gasteiger partial charge in [0.2, 0.25) is 0 Å². The number of hydrogen-bond acceptors (Lipinski definition) is 4. The number of carbonyl (C=O) groups is 1. The van der Waals surface area contributed by atoms with Gasteiger partial charge in [0.1, 0.15) is 5.75 Å². The molecule has 0 radical (unpaired) electrons. The van der Waals surface area contributed by atoms with Crippen LogP contribution in [0.15, 0.2) is 30.5 Å². The average molecular weight is 261 g/mol. The van der Waals surface area contributed by atoms with E-state index in [1.807, 2.05) is 24.3 Å². The molecule has 2 aromatic rings. The summed E-state index contributed by atoms with van der Waals surface area (Å²) in [4.78, 5) is 10.6. The number of hydrogen-bond donors (Lipinski definition) is 1. The van der Waals surface area contributed by atoms with Crippen molar-refractivity contribution >= 4 is 5.97 Å². The van der Waals surface area contributed by atoms with Crippen molar-refractivity contribution in [1.82, 2.24) is 15.0 Å². The number of carboxylic acid groups (broad SMARTS) is 1. The Labute approximate surface area is 110 Å². The van der Waals surface area contributed by atoms with Crippen LogP contribution in [0.5, 0.6) is 5.75 Å². The van der Waals surface area contributed by atoms with E-state index in [0.29, 0.717) is 13.0 Å². The van der Waals surface area contributed by atoms with Gasteiger partial charge in [-0.25, -0.2) is 4.68 Å². The highest BCUT2D eigenvalue weighted by molar-refractivity contribution is 5.66. The molecule has 0 amide bonds. The highest BCUT2D eigenvalue weighted by Crippen LogP contribution is 2.13. The Kier molecular flexibility index (Phi) is 4.12. The SMILES string of the molecule is COc1ccc(Cn2nncc2CCC(=O)O)cc1. The number of methoxy groups -OCH3 is 1. The van der Waals surface area contributed by atoms with Crippen molar-refractivity contribution in [1.29, 1.82) is 0 Å². The van der Waals surface area contributed by atoms with Crippen LogP contribution in [0.25, 0.3) is 0 Å². The molecule has 0 atom stereocenters. The zero-order valence-electron chi connectivity index (χ0n) is 10.6. The predicted molar refractivity (Wildman–Crippen MR) is 68.1 cm³/mol. The van der Waals surface area contributed by atoms with E-state index in [2.05, 4.69) is 10.3 Å². The lowest BCUT2D eigenvalue weighted by molar-refractivity contribution is -0.136. The minimum atomic E-state index is -0.822. The van der Waals surface area contributed by atoms with Gasteiger partial charge in [-0.05, 0) is 17.7 Å². The first kappa shape index (κ1) is 13.1. The third-order valence-corrected chi connectivity index (χ3v) is 2.78. The first-order valence-electron chi connectivity index (χ1n) is 5.91. The van der Waals surface area contributed by atoms with Gasteiger partial charge in [-0.2, -0.15) is 0 Å². The summed E-state index contributed by atoms with van der Waals surface area (Å²) in [6.45, 7) is 0.568. The highest BCUT2D eigenvalue weighted by Gasteiger charge is 2.07. The minimum absolute atomic E-state index is 0.0794. The third kappa shape index (κ3) is 3.54. The summed E-state index contributed by atoms with van der Waals surface area (Å²) in [7, 11) is 1.62. The van der Waals surface area contributed by atoms with Gasteiger partial charge in [0.15, 0.2) is 0 Å². The molecular weight excluding hydrogens is 246 g/mol. The number of aryl methyl sites for hydroxylation is 1. The second-order valence-corrected chi connectivity index (χ2v) is 4.12. The number of nitrogens with zero attached hydrogens (tertiary/aromatic N) is 3. The molecule has 19 heavy (non-hydrogen) atoms. The van der Waals surface area contributed by atoms with Gasteiger partial charge in [0.05, 0.1) is 32.0 Å². The number of aromatic nitrogens is 3. The van der Waals surface area contributed by atoms with Gasteiger partial charge in [-0.15, -0.1) is 5.10 Å². The molecule has 6 heteroatoms. The predicted octanol–water partition coefficient (Wildman–Crippen LogP) is 1.35. The van der Waals surface area contributed by atoms with E-state index in [-0.39, 0.29) is 6.42 Å². The molecule has 0 bridgehead atoms. The first-order valence-corrected chi connectivity index (χ1v) is 5.91. The molecular formula is C13H15N3O3. The number of benzene rings is 1. The zero-order chi connectivity index (χ0) is 13.7. The van der Waals surface area contributed by atoms with Gasteiger partial charge in [0.25, 0.3) is 0 Å². The van der Waals surface area contributed by atoms with Crippen LogP contribution in [0, 0.1) is 0 Å². The second-order valence-electron chi connectivity index (χ2n) is 4.12. The number of rotatable bonds is 6. The molecule has 1 aromatic carbocycles. The maximum Gasteiger partial charge on any atom is 0.303 e. The Morgan fingerprint density at radius 3 is 2.74 bits per heavy atom. The van der Waals surface area contributed by atoms with Crippen LogP contribution in [0.3, 0.4) is 0 Å². The summed E-state index contributed by atoms with van der Waals surface area (Å²) < 4.78 is 6.81. The molecule has 0 saturated heterocycles. The molecule has 1 aromatic heterocycles. The van der Waals surface area contributed by atoms with Crippen LogP contribution in [-0.4, -0.2) is 33.2 Å². The van der Waals surface area contributed by atoms with Crippen molar-refractivity contribution in [2.24, 2.45) is 0 Å². The lowest BCUT2D eigenvalue weighted by Crippen LogP contribution is -2.08. The van der Waals surface area contributed by atoms with Gasteiger partial charge in [0, 0.05) is 6.42 Å². The Bertz CT molecular complexity index is 549. The third-order valence-electron chi connectivity index (χ3n) is 2.78. The minimum Gasteiger partial charge on any atom is -0.497 e. The molecule has 1 N–H and O–H groups in total. The van der Waals surface area contributed by atoms with Crippen molar-refractivity contribution in [3.05, 3.63) is 41.7 Å². The Morgan fingerprint density at radius 1 is 1.37 bits per heavy atom. The number of ether oxygens (including phenoxy) is 1. The smallest absolute Gasteiger partial charge is 0.303 e. The van der Waals surface area contributed by atoms with E-state index in [1.54, 1.807) is 18.0 Å². The van der Waals surface area contributed by atoms with Crippen molar-refractivity contribution in [3.8, 4) is 5.75 Å². The van der Waals surface area contributed by atoms with E-state index in [4.69, 9.17) is 9.84 Å². The fraction of sp³-hybridized carbons (Fsp3) is 0.308. The highest BCUT2D eigenvalue weighted by atomic mass is 16.5. The van der Waals surface area contributed by atoms with Crippen LogP contribution in [0.1, 0.15) is 17.7 Å². The fourth-order valence-electron chi connectivity index (χ4n) is 1.74. The van der Waals surface area contributed by atoms with Crippen molar-refractivity contribution in [3.63, 3.8) is 0 Å². The lowest BCUT2D eigenvalue weighted by atomic mass is 10.2. The topological polar surface area (TPSA) is 77.2 Å². The number of carboxylic acids is 1. The van der Waals surface area contributed by atoms with Crippen LogP contribution in [0.2, 0.25) is 0 Å². The second kappa shape index (κ2) is 5.99. The monoisotopic (exact) mass is 261 g/mol. The normalized spacial score (nSPS) is 10.4. The largest absolute Gasteiger partial charge is 0.497 e. The summed E-state index contributed by atoms with van der Waals surface area (Å²) in [5.41, 5.74) is 1.88. The maximum absolute atomic E-state index is 10.6. The summed E-state index contributed by atoms with van der Waals surface area (Å²) in [5.74, 6) is -0.0226. The van der Waals surface area contributed by atoms with E-state index in [9.17, 15) is 4.79 Å². The van der Waals surface area contributed by atoms with Gasteiger partial charge in [-0.1, -0.05) is 17.3 Å². The molecule has 2 rings (SSSR count). The van der Waals surface area contributed by atoms with Gasteiger partial charge >= 0.3 is 5.97 Å². The van der Waals surface area contributed by atoms with Gasteiger partial charge < -0.3 is 9.84 Å². The Hall–Kier alpha value is -2.37. The van der Waals surface area contributed by atoms with E-state index in [0.717, 1.165) is 17.0 Å². The van der Waals surface area contributed by atoms with Crippen LogP contribution >= 0.6 is 0 Å². The summed E-state index contributed by atoms with van der Waals surface area (Å²) >= 11 is 0. The van der Waals surface area contributed by atoms with Crippen molar-refractivity contribution < 1.29 is 14.6 Å².